The van der Waals surface area contributed by atoms with E-state index in [0.29, 0.717) is 0 Å². The summed E-state index contributed by atoms with van der Waals surface area (Å²) in [6, 6.07) is 6.23. The minimum atomic E-state index is 0.801. The van der Waals surface area contributed by atoms with Crippen LogP contribution < -0.4 is 14.8 Å². The lowest BCUT2D eigenvalue weighted by atomic mass is 9.88. The smallest absolute Gasteiger partial charge is 0.161 e. The number of piperidine rings is 1. The van der Waals surface area contributed by atoms with Gasteiger partial charge >= 0.3 is 0 Å². The lowest BCUT2D eigenvalue weighted by Crippen LogP contribution is -2.39. The molecule has 0 bridgehead atoms. The largest absolute Gasteiger partial charge is 0.493 e. The Labute approximate surface area is 121 Å². The highest BCUT2D eigenvalue weighted by Crippen LogP contribution is 2.30. The Morgan fingerprint density at radius 3 is 2.75 bits per heavy atom. The molecule has 1 aromatic carbocycles. The fourth-order valence-corrected chi connectivity index (χ4v) is 3.49. The molecule has 4 nitrogen and oxygen atoms in total. The maximum Gasteiger partial charge on any atom is 0.161 e. The monoisotopic (exact) mass is 276 g/mol. The first kappa shape index (κ1) is 13.7. The van der Waals surface area contributed by atoms with Gasteiger partial charge in [-0.05, 0) is 55.6 Å². The number of methoxy groups -OCH3 is 2. The van der Waals surface area contributed by atoms with Gasteiger partial charge in [0, 0.05) is 13.1 Å². The van der Waals surface area contributed by atoms with Crippen molar-refractivity contribution in [1.29, 1.82) is 0 Å². The number of rotatable bonds is 4. The maximum atomic E-state index is 5.38. The van der Waals surface area contributed by atoms with Crippen LogP contribution in [0.15, 0.2) is 18.2 Å². The number of hydrogen-bond acceptors (Lipinski definition) is 4. The standard InChI is InChI=1S/C16H24N2O2/c1-19-15-4-3-12(7-16(15)20-2)10-18-6-5-13-8-17-9-14(13)11-18/h3-4,7,13-14,17H,5-6,8-11H2,1-2H3. The van der Waals surface area contributed by atoms with E-state index in [1.54, 1.807) is 14.2 Å². The van der Waals surface area contributed by atoms with Crippen LogP contribution in [0.5, 0.6) is 11.5 Å². The average molecular weight is 276 g/mol. The van der Waals surface area contributed by atoms with E-state index in [0.717, 1.165) is 29.9 Å². The summed E-state index contributed by atoms with van der Waals surface area (Å²) in [5, 5.41) is 3.52. The van der Waals surface area contributed by atoms with Crippen LogP contribution in [0.3, 0.4) is 0 Å². The Morgan fingerprint density at radius 1 is 1.15 bits per heavy atom. The number of hydrogen-bond donors (Lipinski definition) is 1. The average Bonchev–Trinajstić information content (AvgIpc) is 2.94. The van der Waals surface area contributed by atoms with E-state index in [4.69, 9.17) is 9.47 Å². The third kappa shape index (κ3) is 2.76. The molecule has 0 aromatic heterocycles. The van der Waals surface area contributed by atoms with Gasteiger partial charge in [-0.2, -0.15) is 0 Å². The molecule has 1 aromatic rings. The first-order valence-corrected chi connectivity index (χ1v) is 7.44. The third-order valence-electron chi connectivity index (χ3n) is 4.64. The van der Waals surface area contributed by atoms with Crippen molar-refractivity contribution >= 4 is 0 Å². The molecule has 0 radical (unpaired) electrons. The van der Waals surface area contributed by atoms with E-state index >= 15 is 0 Å². The SMILES string of the molecule is COc1ccc(CN2CCC3CNCC3C2)cc1OC. The first-order valence-electron chi connectivity index (χ1n) is 7.44. The summed E-state index contributed by atoms with van der Waals surface area (Å²) in [6.07, 6.45) is 1.32. The predicted molar refractivity (Wildman–Crippen MR) is 79.3 cm³/mol. The Bertz CT molecular complexity index is 464. The zero-order valence-corrected chi connectivity index (χ0v) is 12.4. The van der Waals surface area contributed by atoms with Gasteiger partial charge in [0.2, 0.25) is 0 Å². The molecule has 2 fully saturated rings. The molecular weight excluding hydrogens is 252 g/mol. The second kappa shape index (κ2) is 6.02. The Kier molecular flexibility index (Phi) is 4.13. The highest BCUT2D eigenvalue weighted by molar-refractivity contribution is 5.42. The molecule has 2 unspecified atom stereocenters. The summed E-state index contributed by atoms with van der Waals surface area (Å²) in [5.74, 6) is 3.36. The summed E-state index contributed by atoms with van der Waals surface area (Å²) in [7, 11) is 3.37. The Balaban J connectivity index is 1.65. The van der Waals surface area contributed by atoms with E-state index in [1.165, 1.54) is 38.2 Å². The van der Waals surface area contributed by atoms with E-state index < -0.39 is 0 Å². The molecule has 1 N–H and O–H groups in total. The van der Waals surface area contributed by atoms with E-state index in [2.05, 4.69) is 22.3 Å². The molecule has 4 heteroatoms. The fourth-order valence-electron chi connectivity index (χ4n) is 3.49. The predicted octanol–water partition coefficient (Wildman–Crippen LogP) is 1.75. The number of nitrogens with zero attached hydrogens (tertiary/aromatic N) is 1. The molecule has 2 aliphatic rings. The van der Waals surface area contributed by atoms with Crippen LogP contribution in [-0.2, 0) is 6.54 Å². The van der Waals surface area contributed by atoms with Crippen molar-refractivity contribution in [2.45, 2.75) is 13.0 Å². The summed E-state index contributed by atoms with van der Waals surface area (Å²) in [5.41, 5.74) is 1.30. The van der Waals surface area contributed by atoms with Gasteiger partial charge < -0.3 is 14.8 Å². The molecule has 3 rings (SSSR count). The van der Waals surface area contributed by atoms with Gasteiger partial charge in [-0.15, -0.1) is 0 Å². The summed E-state index contributed by atoms with van der Waals surface area (Å²) < 4.78 is 10.7. The quantitative estimate of drug-likeness (QED) is 0.908. The second-order valence-electron chi connectivity index (χ2n) is 5.89. The van der Waals surface area contributed by atoms with Gasteiger partial charge in [-0.1, -0.05) is 6.07 Å². The van der Waals surface area contributed by atoms with Crippen LogP contribution in [0.1, 0.15) is 12.0 Å². The molecule has 0 spiro atoms. The Hall–Kier alpha value is -1.26. The number of ether oxygens (including phenoxy) is 2. The van der Waals surface area contributed by atoms with E-state index in [-0.39, 0.29) is 0 Å². The number of likely N-dealkylation sites (tertiary alicyclic amines) is 1. The molecule has 2 atom stereocenters. The topological polar surface area (TPSA) is 33.7 Å². The molecule has 110 valence electrons. The molecule has 2 heterocycles. The van der Waals surface area contributed by atoms with Gasteiger partial charge in [0.05, 0.1) is 14.2 Å². The Morgan fingerprint density at radius 2 is 1.95 bits per heavy atom. The zero-order valence-electron chi connectivity index (χ0n) is 12.4. The van der Waals surface area contributed by atoms with E-state index in [1.807, 2.05) is 6.07 Å². The molecule has 20 heavy (non-hydrogen) atoms. The summed E-state index contributed by atoms with van der Waals surface area (Å²) >= 11 is 0. The van der Waals surface area contributed by atoms with Crippen LogP contribution >= 0.6 is 0 Å². The van der Waals surface area contributed by atoms with Crippen molar-refractivity contribution in [3.05, 3.63) is 23.8 Å². The van der Waals surface area contributed by atoms with Gasteiger partial charge in [-0.3, -0.25) is 4.90 Å². The zero-order chi connectivity index (χ0) is 13.9. The summed E-state index contributed by atoms with van der Waals surface area (Å²) in [4.78, 5) is 2.56. The minimum Gasteiger partial charge on any atom is -0.493 e. The van der Waals surface area contributed by atoms with Crippen molar-refractivity contribution in [3.8, 4) is 11.5 Å². The van der Waals surface area contributed by atoms with Crippen molar-refractivity contribution in [3.63, 3.8) is 0 Å². The fraction of sp³-hybridized carbons (Fsp3) is 0.625. The van der Waals surface area contributed by atoms with Crippen molar-refractivity contribution in [2.24, 2.45) is 11.8 Å². The van der Waals surface area contributed by atoms with Crippen LogP contribution in [0, 0.1) is 11.8 Å². The van der Waals surface area contributed by atoms with Crippen LogP contribution in [-0.4, -0.2) is 45.3 Å². The first-order chi connectivity index (χ1) is 9.80. The highest BCUT2D eigenvalue weighted by atomic mass is 16.5. The number of benzene rings is 1. The van der Waals surface area contributed by atoms with Gasteiger partial charge in [0.25, 0.3) is 0 Å². The minimum absolute atomic E-state index is 0.801. The van der Waals surface area contributed by atoms with Gasteiger partial charge in [0.1, 0.15) is 0 Å². The maximum absolute atomic E-state index is 5.38. The van der Waals surface area contributed by atoms with E-state index in [9.17, 15) is 0 Å². The lowest BCUT2D eigenvalue weighted by molar-refractivity contribution is 0.142. The van der Waals surface area contributed by atoms with Crippen LogP contribution in [0.4, 0.5) is 0 Å². The molecule has 0 saturated carbocycles. The summed E-state index contributed by atoms with van der Waals surface area (Å²) in [6.45, 7) is 5.83. The molecule has 2 saturated heterocycles. The van der Waals surface area contributed by atoms with Gasteiger partial charge in [0.15, 0.2) is 11.5 Å². The molecule has 0 amide bonds. The molecular formula is C16H24N2O2. The lowest BCUT2D eigenvalue weighted by Gasteiger charge is -2.34. The van der Waals surface area contributed by atoms with Crippen LogP contribution in [0.2, 0.25) is 0 Å². The van der Waals surface area contributed by atoms with Crippen molar-refractivity contribution in [2.75, 3.05) is 40.4 Å². The highest BCUT2D eigenvalue weighted by Gasteiger charge is 2.32. The normalized spacial score (nSPS) is 26.3. The second-order valence-corrected chi connectivity index (χ2v) is 5.89. The molecule has 2 aliphatic heterocycles. The number of fused-ring (bicyclic) bond motifs is 1. The van der Waals surface area contributed by atoms with Crippen molar-refractivity contribution in [1.82, 2.24) is 10.2 Å². The van der Waals surface area contributed by atoms with Gasteiger partial charge in [-0.25, -0.2) is 0 Å². The number of nitrogens with one attached hydrogen (secondary N) is 1. The van der Waals surface area contributed by atoms with Crippen LogP contribution in [0.25, 0.3) is 0 Å². The van der Waals surface area contributed by atoms with Crippen molar-refractivity contribution < 1.29 is 9.47 Å². The molecule has 0 aliphatic carbocycles. The third-order valence-corrected chi connectivity index (χ3v) is 4.64.